The van der Waals surface area contributed by atoms with Crippen molar-refractivity contribution in [2.75, 3.05) is 27.9 Å². The summed E-state index contributed by atoms with van der Waals surface area (Å²) in [7, 11) is 4.31. The number of carbonyl (C=O) groups is 2. The number of phenols is 1. The molecule has 3 rings (SSSR count). The topological polar surface area (TPSA) is 91.3 Å². The van der Waals surface area contributed by atoms with Gasteiger partial charge >= 0.3 is 0 Å². The Hall–Kier alpha value is -2.12. The van der Waals surface area contributed by atoms with Gasteiger partial charge in [0.15, 0.2) is 17.3 Å². The maximum atomic E-state index is 12.6. The van der Waals surface area contributed by atoms with Gasteiger partial charge in [0.05, 0.1) is 19.6 Å². The van der Waals surface area contributed by atoms with Gasteiger partial charge in [0.1, 0.15) is 18.0 Å². The van der Waals surface area contributed by atoms with Crippen LogP contribution in [0.25, 0.3) is 0 Å². The Morgan fingerprint density at radius 1 is 1.12 bits per heavy atom. The SMILES string of the molecule is COc1c(O)ccc2c1OCC(C1C(=O)CC(OC)C(=O)C1OC)C2. The highest BCUT2D eigenvalue weighted by Gasteiger charge is 2.48. The van der Waals surface area contributed by atoms with Gasteiger partial charge < -0.3 is 24.1 Å². The first-order chi connectivity index (χ1) is 12.0. The second-order valence-electron chi connectivity index (χ2n) is 6.36. The van der Waals surface area contributed by atoms with Crippen LogP contribution in [0, 0.1) is 11.8 Å². The molecule has 1 aromatic carbocycles. The van der Waals surface area contributed by atoms with Gasteiger partial charge in [-0.05, 0) is 18.1 Å². The molecule has 0 aromatic heterocycles. The van der Waals surface area contributed by atoms with Crippen LogP contribution in [0.2, 0.25) is 0 Å². The summed E-state index contributed by atoms with van der Waals surface area (Å²) in [5.41, 5.74) is 0.829. The molecule has 1 aromatic rings. The number of phenolic OH excluding ortho intramolecular Hbond substituents is 1. The number of methoxy groups -OCH3 is 3. The van der Waals surface area contributed by atoms with Crippen LogP contribution in [-0.2, 0) is 25.5 Å². The summed E-state index contributed by atoms with van der Waals surface area (Å²) in [5, 5.41) is 9.86. The van der Waals surface area contributed by atoms with Crippen molar-refractivity contribution in [2.45, 2.75) is 25.0 Å². The van der Waals surface area contributed by atoms with E-state index in [9.17, 15) is 14.7 Å². The van der Waals surface area contributed by atoms with E-state index in [2.05, 4.69) is 0 Å². The molecule has 1 aliphatic carbocycles. The summed E-state index contributed by atoms with van der Waals surface area (Å²) in [4.78, 5) is 25.1. The highest BCUT2D eigenvalue weighted by molar-refractivity contribution is 6.01. The molecular weight excluding hydrogens is 328 g/mol. The average molecular weight is 350 g/mol. The van der Waals surface area contributed by atoms with E-state index < -0.39 is 18.1 Å². The van der Waals surface area contributed by atoms with E-state index in [1.54, 1.807) is 6.07 Å². The van der Waals surface area contributed by atoms with Gasteiger partial charge in [0.2, 0.25) is 5.75 Å². The molecule has 4 atom stereocenters. The first kappa shape index (κ1) is 17.7. The van der Waals surface area contributed by atoms with Gasteiger partial charge in [-0.15, -0.1) is 0 Å². The van der Waals surface area contributed by atoms with E-state index in [-0.39, 0.29) is 42.0 Å². The van der Waals surface area contributed by atoms with E-state index in [1.165, 1.54) is 27.4 Å². The van der Waals surface area contributed by atoms with Gasteiger partial charge in [0.25, 0.3) is 0 Å². The van der Waals surface area contributed by atoms with Crippen LogP contribution >= 0.6 is 0 Å². The Morgan fingerprint density at radius 3 is 2.52 bits per heavy atom. The van der Waals surface area contributed by atoms with E-state index in [0.29, 0.717) is 12.2 Å². The smallest absolute Gasteiger partial charge is 0.203 e. The Morgan fingerprint density at radius 2 is 1.88 bits per heavy atom. The van der Waals surface area contributed by atoms with Crippen molar-refractivity contribution in [3.8, 4) is 17.2 Å². The molecule has 7 heteroatoms. The van der Waals surface area contributed by atoms with Crippen molar-refractivity contribution in [1.82, 2.24) is 0 Å². The van der Waals surface area contributed by atoms with Crippen LogP contribution in [0.1, 0.15) is 12.0 Å². The summed E-state index contributed by atoms with van der Waals surface area (Å²) in [5.74, 6) is -0.259. The summed E-state index contributed by atoms with van der Waals surface area (Å²) in [6, 6.07) is 3.28. The Kier molecular flexibility index (Phi) is 4.96. The monoisotopic (exact) mass is 350 g/mol. The zero-order valence-corrected chi connectivity index (χ0v) is 14.5. The zero-order chi connectivity index (χ0) is 18.1. The van der Waals surface area contributed by atoms with Gasteiger partial charge in [-0.3, -0.25) is 9.59 Å². The maximum Gasteiger partial charge on any atom is 0.203 e. The maximum absolute atomic E-state index is 12.6. The molecule has 0 spiro atoms. The van der Waals surface area contributed by atoms with E-state index in [0.717, 1.165) is 5.56 Å². The van der Waals surface area contributed by atoms with E-state index in [4.69, 9.17) is 18.9 Å². The van der Waals surface area contributed by atoms with Crippen molar-refractivity contribution in [3.05, 3.63) is 17.7 Å². The summed E-state index contributed by atoms with van der Waals surface area (Å²) >= 11 is 0. The molecular formula is C18H22O7. The minimum Gasteiger partial charge on any atom is -0.504 e. The molecule has 1 fully saturated rings. The number of benzene rings is 1. The highest BCUT2D eigenvalue weighted by Crippen LogP contribution is 2.44. The second kappa shape index (κ2) is 7.01. The highest BCUT2D eigenvalue weighted by atomic mass is 16.5. The van der Waals surface area contributed by atoms with Crippen LogP contribution in [0.4, 0.5) is 0 Å². The Labute approximate surface area is 145 Å². The van der Waals surface area contributed by atoms with Gasteiger partial charge in [-0.1, -0.05) is 6.07 Å². The molecule has 136 valence electrons. The summed E-state index contributed by atoms with van der Waals surface area (Å²) in [6.07, 6.45) is -0.988. The number of Topliss-reactive ketones (excluding diaryl/α,β-unsaturated/α-hetero) is 2. The third kappa shape index (κ3) is 2.98. The molecule has 1 saturated carbocycles. The van der Waals surface area contributed by atoms with Crippen molar-refractivity contribution in [3.63, 3.8) is 0 Å². The normalized spacial score (nSPS) is 29.1. The molecule has 2 aliphatic rings. The molecule has 0 radical (unpaired) electrons. The first-order valence-electron chi connectivity index (χ1n) is 8.15. The lowest BCUT2D eigenvalue weighted by Crippen LogP contribution is -2.53. The second-order valence-corrected chi connectivity index (χ2v) is 6.36. The third-order valence-electron chi connectivity index (χ3n) is 5.03. The number of hydrogen-bond donors (Lipinski definition) is 1. The Bertz CT molecular complexity index is 684. The molecule has 4 unspecified atom stereocenters. The van der Waals surface area contributed by atoms with Gasteiger partial charge in [-0.25, -0.2) is 0 Å². The fourth-order valence-corrected chi connectivity index (χ4v) is 3.79. The lowest BCUT2D eigenvalue weighted by Gasteiger charge is -2.38. The summed E-state index contributed by atoms with van der Waals surface area (Å²) < 4.78 is 21.5. The molecule has 0 saturated heterocycles. The Balaban J connectivity index is 1.88. The van der Waals surface area contributed by atoms with Crippen LogP contribution < -0.4 is 9.47 Å². The standard InChI is InChI=1S/C18H22O7/c1-22-13-7-12(20)14(18(24-3)15(13)21)10-6-9-4-5-11(19)17(23-2)16(9)25-8-10/h4-5,10,13-14,18-19H,6-8H2,1-3H3. The lowest BCUT2D eigenvalue weighted by molar-refractivity contribution is -0.159. The molecule has 0 bridgehead atoms. The third-order valence-corrected chi connectivity index (χ3v) is 5.03. The number of ketones is 2. The number of rotatable bonds is 4. The number of hydrogen-bond acceptors (Lipinski definition) is 7. The molecule has 1 N–H and O–H groups in total. The minimum absolute atomic E-state index is 0.00123. The zero-order valence-electron chi connectivity index (χ0n) is 14.5. The average Bonchev–Trinajstić information content (AvgIpc) is 2.62. The number of aromatic hydroxyl groups is 1. The molecule has 7 nitrogen and oxygen atoms in total. The van der Waals surface area contributed by atoms with Crippen molar-refractivity contribution in [2.24, 2.45) is 11.8 Å². The van der Waals surface area contributed by atoms with Crippen LogP contribution in [0.15, 0.2) is 12.1 Å². The quantitative estimate of drug-likeness (QED) is 0.870. The van der Waals surface area contributed by atoms with Crippen molar-refractivity contribution < 1.29 is 33.6 Å². The van der Waals surface area contributed by atoms with Gasteiger partial charge in [0, 0.05) is 26.6 Å². The molecule has 25 heavy (non-hydrogen) atoms. The molecule has 0 amide bonds. The van der Waals surface area contributed by atoms with Gasteiger partial charge in [-0.2, -0.15) is 0 Å². The fraction of sp³-hybridized carbons (Fsp3) is 0.556. The first-order valence-corrected chi connectivity index (χ1v) is 8.15. The predicted octanol–water partition coefficient (Wildman–Crippen LogP) is 1.14. The van der Waals surface area contributed by atoms with E-state index in [1.807, 2.05) is 0 Å². The van der Waals surface area contributed by atoms with E-state index >= 15 is 0 Å². The minimum atomic E-state index is -0.833. The number of ether oxygens (including phenoxy) is 4. The fourth-order valence-electron chi connectivity index (χ4n) is 3.79. The molecule has 1 heterocycles. The molecule has 1 aliphatic heterocycles. The van der Waals surface area contributed by atoms with Crippen LogP contribution in [0.5, 0.6) is 17.2 Å². The van der Waals surface area contributed by atoms with Crippen LogP contribution in [-0.4, -0.2) is 56.8 Å². The summed E-state index contributed by atoms with van der Waals surface area (Å²) in [6.45, 7) is 0.244. The number of fused-ring (bicyclic) bond motifs is 1. The van der Waals surface area contributed by atoms with Crippen molar-refractivity contribution >= 4 is 11.6 Å². The largest absolute Gasteiger partial charge is 0.504 e. The van der Waals surface area contributed by atoms with Crippen molar-refractivity contribution in [1.29, 1.82) is 0 Å². The predicted molar refractivity (Wildman–Crippen MR) is 87.1 cm³/mol. The lowest BCUT2D eigenvalue weighted by atomic mass is 9.72. The van der Waals surface area contributed by atoms with Crippen LogP contribution in [0.3, 0.4) is 0 Å². The number of carbonyl (C=O) groups excluding carboxylic acids is 2.